The highest BCUT2D eigenvalue weighted by Gasteiger charge is 2.15. The maximum absolute atomic E-state index is 11.6. The van der Waals surface area contributed by atoms with Gasteiger partial charge in [-0.1, -0.05) is 19.3 Å². The molecule has 0 radical (unpaired) electrons. The van der Waals surface area contributed by atoms with Crippen LogP contribution >= 0.6 is 0 Å². The summed E-state index contributed by atoms with van der Waals surface area (Å²) in [7, 11) is 1.79. The lowest BCUT2D eigenvalue weighted by molar-refractivity contribution is 0.232. The number of carbonyl (C=O) groups is 1. The first-order chi connectivity index (χ1) is 8.75. The number of tetrazole rings is 1. The van der Waals surface area contributed by atoms with Crippen molar-refractivity contribution in [2.75, 3.05) is 6.54 Å². The molecule has 0 bridgehead atoms. The van der Waals surface area contributed by atoms with Gasteiger partial charge in [-0.25, -0.2) is 9.48 Å². The monoisotopic (exact) mass is 252 g/mol. The molecule has 18 heavy (non-hydrogen) atoms. The van der Waals surface area contributed by atoms with E-state index in [2.05, 4.69) is 26.2 Å². The van der Waals surface area contributed by atoms with Crippen LogP contribution in [0.3, 0.4) is 0 Å². The van der Waals surface area contributed by atoms with Gasteiger partial charge < -0.3 is 10.6 Å². The van der Waals surface area contributed by atoms with E-state index in [9.17, 15) is 4.79 Å². The van der Waals surface area contributed by atoms with Crippen LogP contribution in [0, 0.1) is 0 Å². The molecule has 2 rings (SSSR count). The van der Waals surface area contributed by atoms with Crippen LogP contribution in [-0.2, 0) is 13.5 Å². The number of rotatable bonds is 4. The molecule has 1 aromatic rings. The smallest absolute Gasteiger partial charge is 0.315 e. The molecule has 100 valence electrons. The number of hydrogen-bond donors (Lipinski definition) is 2. The highest BCUT2D eigenvalue weighted by molar-refractivity contribution is 5.74. The van der Waals surface area contributed by atoms with Gasteiger partial charge in [0.05, 0.1) is 0 Å². The Kier molecular flexibility index (Phi) is 4.49. The minimum absolute atomic E-state index is 0.0861. The van der Waals surface area contributed by atoms with E-state index in [-0.39, 0.29) is 6.03 Å². The van der Waals surface area contributed by atoms with E-state index in [1.165, 1.54) is 19.3 Å². The summed E-state index contributed by atoms with van der Waals surface area (Å²) in [5.41, 5.74) is 0. The molecule has 0 spiro atoms. The van der Waals surface area contributed by atoms with Crippen LogP contribution in [0.1, 0.15) is 37.9 Å². The fourth-order valence-electron chi connectivity index (χ4n) is 2.23. The van der Waals surface area contributed by atoms with Crippen molar-refractivity contribution in [1.82, 2.24) is 30.8 Å². The van der Waals surface area contributed by atoms with Gasteiger partial charge in [0.2, 0.25) is 0 Å². The van der Waals surface area contributed by atoms with Crippen LogP contribution < -0.4 is 10.6 Å². The summed E-state index contributed by atoms with van der Waals surface area (Å²) >= 11 is 0. The summed E-state index contributed by atoms with van der Waals surface area (Å²) in [6.07, 6.45) is 6.56. The molecular formula is C11H20N6O. The van der Waals surface area contributed by atoms with Crippen molar-refractivity contribution in [2.45, 2.75) is 44.6 Å². The van der Waals surface area contributed by atoms with E-state index in [4.69, 9.17) is 0 Å². The number of amides is 2. The second-order valence-corrected chi connectivity index (χ2v) is 4.70. The predicted molar refractivity (Wildman–Crippen MR) is 65.9 cm³/mol. The topological polar surface area (TPSA) is 84.7 Å². The third-order valence-electron chi connectivity index (χ3n) is 3.28. The maximum atomic E-state index is 11.6. The summed E-state index contributed by atoms with van der Waals surface area (Å²) in [5.74, 6) is 0.771. The Morgan fingerprint density at radius 3 is 2.83 bits per heavy atom. The van der Waals surface area contributed by atoms with E-state index in [0.717, 1.165) is 18.7 Å². The average Bonchev–Trinajstić information content (AvgIpc) is 2.76. The highest BCUT2D eigenvalue weighted by Crippen LogP contribution is 2.16. The van der Waals surface area contributed by atoms with Crippen molar-refractivity contribution in [3.8, 4) is 0 Å². The molecule has 0 aliphatic heterocycles. The maximum Gasteiger partial charge on any atom is 0.315 e. The number of nitrogens with zero attached hydrogens (tertiary/aromatic N) is 4. The van der Waals surface area contributed by atoms with Crippen molar-refractivity contribution >= 4 is 6.03 Å². The van der Waals surface area contributed by atoms with E-state index < -0.39 is 0 Å². The van der Waals surface area contributed by atoms with Crippen molar-refractivity contribution in [3.63, 3.8) is 0 Å². The first-order valence-electron chi connectivity index (χ1n) is 6.51. The number of aryl methyl sites for hydroxylation is 1. The number of nitrogens with one attached hydrogen (secondary N) is 2. The molecule has 0 unspecified atom stereocenters. The SMILES string of the molecule is Cn1nnnc1CCNC(=O)NC1CCCCC1. The lowest BCUT2D eigenvalue weighted by atomic mass is 9.96. The van der Waals surface area contributed by atoms with Crippen LogP contribution in [0.4, 0.5) is 4.79 Å². The van der Waals surface area contributed by atoms with Gasteiger partial charge in [-0.2, -0.15) is 0 Å². The van der Waals surface area contributed by atoms with Crippen molar-refractivity contribution < 1.29 is 4.79 Å². The number of aromatic nitrogens is 4. The third-order valence-corrected chi connectivity index (χ3v) is 3.28. The Morgan fingerprint density at radius 2 is 2.17 bits per heavy atom. The Hall–Kier alpha value is -1.66. The lowest BCUT2D eigenvalue weighted by Gasteiger charge is -2.22. The van der Waals surface area contributed by atoms with Crippen molar-refractivity contribution in [2.24, 2.45) is 7.05 Å². The summed E-state index contributed by atoms with van der Waals surface area (Å²) in [5, 5.41) is 17.0. The van der Waals surface area contributed by atoms with Crippen LogP contribution in [0.15, 0.2) is 0 Å². The van der Waals surface area contributed by atoms with E-state index >= 15 is 0 Å². The Labute approximate surface area is 106 Å². The molecule has 0 atom stereocenters. The third kappa shape index (κ3) is 3.68. The molecule has 7 heteroatoms. The largest absolute Gasteiger partial charge is 0.338 e. The normalized spacial score (nSPS) is 16.5. The fourth-order valence-corrected chi connectivity index (χ4v) is 2.23. The second-order valence-electron chi connectivity index (χ2n) is 4.70. The molecule has 1 heterocycles. The first-order valence-corrected chi connectivity index (χ1v) is 6.51. The standard InChI is InChI=1S/C11H20N6O/c1-17-10(14-15-16-17)7-8-12-11(18)13-9-5-3-2-4-6-9/h9H,2-8H2,1H3,(H2,12,13,18). The van der Waals surface area contributed by atoms with Gasteiger partial charge in [-0.3, -0.25) is 0 Å². The van der Waals surface area contributed by atoms with Crippen LogP contribution in [0.2, 0.25) is 0 Å². The van der Waals surface area contributed by atoms with Crippen LogP contribution in [0.25, 0.3) is 0 Å². The van der Waals surface area contributed by atoms with Gasteiger partial charge in [0, 0.05) is 26.1 Å². The summed E-state index contributed by atoms with van der Waals surface area (Å²) < 4.78 is 1.61. The number of urea groups is 1. The van der Waals surface area contributed by atoms with Gasteiger partial charge >= 0.3 is 6.03 Å². The quantitative estimate of drug-likeness (QED) is 0.811. The Morgan fingerprint density at radius 1 is 1.39 bits per heavy atom. The molecule has 2 N–H and O–H groups in total. The number of carbonyl (C=O) groups excluding carboxylic acids is 1. The van der Waals surface area contributed by atoms with Crippen LogP contribution in [0.5, 0.6) is 0 Å². The summed E-state index contributed by atoms with van der Waals surface area (Å²) in [4.78, 5) is 11.6. The molecule has 0 aromatic carbocycles. The molecule has 1 saturated carbocycles. The van der Waals surface area contributed by atoms with Crippen molar-refractivity contribution in [3.05, 3.63) is 5.82 Å². The zero-order chi connectivity index (χ0) is 12.8. The molecule has 7 nitrogen and oxygen atoms in total. The highest BCUT2D eigenvalue weighted by atomic mass is 16.2. The zero-order valence-corrected chi connectivity index (χ0v) is 10.7. The average molecular weight is 252 g/mol. The number of hydrogen-bond acceptors (Lipinski definition) is 4. The van der Waals surface area contributed by atoms with Crippen LogP contribution in [-0.4, -0.2) is 38.8 Å². The predicted octanol–water partition coefficient (Wildman–Crippen LogP) is 0.384. The Bertz CT molecular complexity index is 385. The molecule has 2 amide bonds. The summed E-state index contributed by atoms with van der Waals surface area (Å²) in [6, 6.07) is 0.257. The molecule has 1 aliphatic carbocycles. The van der Waals surface area contributed by atoms with Gasteiger partial charge in [0.25, 0.3) is 0 Å². The molecular weight excluding hydrogens is 232 g/mol. The first kappa shape index (κ1) is 12.8. The minimum Gasteiger partial charge on any atom is -0.338 e. The molecule has 1 fully saturated rings. The summed E-state index contributed by atoms with van der Waals surface area (Å²) in [6.45, 7) is 0.548. The molecule has 0 saturated heterocycles. The van der Waals surface area contributed by atoms with Crippen molar-refractivity contribution in [1.29, 1.82) is 0 Å². The van der Waals surface area contributed by atoms with E-state index in [1.807, 2.05) is 0 Å². The lowest BCUT2D eigenvalue weighted by Crippen LogP contribution is -2.43. The molecule has 1 aliphatic rings. The van der Waals surface area contributed by atoms with Gasteiger partial charge in [0.15, 0.2) is 5.82 Å². The van der Waals surface area contributed by atoms with E-state index in [1.54, 1.807) is 11.7 Å². The minimum atomic E-state index is -0.0861. The van der Waals surface area contributed by atoms with Gasteiger partial charge in [0.1, 0.15) is 0 Å². The fraction of sp³-hybridized carbons (Fsp3) is 0.818. The van der Waals surface area contributed by atoms with E-state index in [0.29, 0.717) is 19.0 Å². The van der Waals surface area contributed by atoms with Gasteiger partial charge in [-0.15, -0.1) is 5.10 Å². The second kappa shape index (κ2) is 6.32. The molecule has 1 aromatic heterocycles. The van der Waals surface area contributed by atoms with Gasteiger partial charge in [-0.05, 0) is 23.3 Å². The zero-order valence-electron chi connectivity index (χ0n) is 10.7. The Balaban J connectivity index is 1.64.